The molecule has 5 nitrogen and oxygen atoms in total. The SMILES string of the molecule is O=C1C2C=CC=NC2=[N+](Cc2ccccc2F)C(=O)N1Cc1ccc(Cl)cc1. The molecule has 1 unspecified atom stereocenters. The predicted molar refractivity (Wildman–Crippen MR) is 104 cm³/mol. The van der Waals surface area contributed by atoms with Crippen LogP contribution >= 0.6 is 11.6 Å². The molecule has 0 bridgehead atoms. The van der Waals surface area contributed by atoms with Crippen LogP contribution in [0.1, 0.15) is 11.1 Å². The van der Waals surface area contributed by atoms with Crippen LogP contribution in [0, 0.1) is 11.7 Å². The Kier molecular flexibility index (Phi) is 4.88. The average molecular weight is 397 g/mol. The first-order valence-electron chi connectivity index (χ1n) is 8.73. The highest BCUT2D eigenvalue weighted by Crippen LogP contribution is 2.23. The first-order valence-corrected chi connectivity index (χ1v) is 9.11. The normalized spacial score (nSPS) is 18.6. The van der Waals surface area contributed by atoms with Gasteiger partial charge in [-0.05, 0) is 29.8 Å². The first-order chi connectivity index (χ1) is 13.5. The Morgan fingerprint density at radius 3 is 2.61 bits per heavy atom. The lowest BCUT2D eigenvalue weighted by Crippen LogP contribution is -2.53. The maximum atomic E-state index is 14.2. The van der Waals surface area contributed by atoms with E-state index in [0.29, 0.717) is 16.4 Å². The number of imide groups is 1. The number of dihydropyridines is 1. The molecule has 0 aliphatic carbocycles. The Hall–Kier alpha value is -3.12. The van der Waals surface area contributed by atoms with Crippen LogP contribution in [0.5, 0.6) is 0 Å². The van der Waals surface area contributed by atoms with E-state index in [4.69, 9.17) is 11.6 Å². The number of carbonyl (C=O) groups is 2. The monoisotopic (exact) mass is 396 g/mol. The van der Waals surface area contributed by atoms with Crippen molar-refractivity contribution in [2.24, 2.45) is 10.9 Å². The van der Waals surface area contributed by atoms with Gasteiger partial charge in [-0.15, -0.1) is 4.99 Å². The van der Waals surface area contributed by atoms with Crippen molar-refractivity contribution in [1.29, 1.82) is 0 Å². The van der Waals surface area contributed by atoms with Crippen LogP contribution in [0.4, 0.5) is 9.18 Å². The summed E-state index contributed by atoms with van der Waals surface area (Å²) >= 11 is 5.91. The van der Waals surface area contributed by atoms with Gasteiger partial charge in [0.25, 0.3) is 5.84 Å². The molecular formula is C21H16ClFN3O2+. The molecule has 0 N–H and O–H groups in total. The van der Waals surface area contributed by atoms with Crippen LogP contribution < -0.4 is 0 Å². The van der Waals surface area contributed by atoms with Crippen molar-refractivity contribution in [3.05, 3.63) is 82.6 Å². The summed E-state index contributed by atoms with van der Waals surface area (Å²) in [7, 11) is 0. The van der Waals surface area contributed by atoms with Gasteiger partial charge in [-0.25, -0.2) is 9.18 Å². The summed E-state index contributed by atoms with van der Waals surface area (Å²) in [5.74, 6) is -1.13. The topological polar surface area (TPSA) is 52.8 Å². The molecular weight excluding hydrogens is 381 g/mol. The van der Waals surface area contributed by atoms with Gasteiger partial charge in [0.1, 0.15) is 25.1 Å². The predicted octanol–water partition coefficient (Wildman–Crippen LogP) is 3.81. The fraction of sp³-hybridized carbons (Fsp3) is 0.143. The van der Waals surface area contributed by atoms with E-state index in [2.05, 4.69) is 4.99 Å². The second-order valence-corrected chi connectivity index (χ2v) is 6.95. The second kappa shape index (κ2) is 7.48. The number of nitrogens with zero attached hydrogens (tertiary/aromatic N) is 3. The third-order valence-corrected chi connectivity index (χ3v) is 4.94. The number of halogens is 2. The largest absolute Gasteiger partial charge is 0.446 e. The van der Waals surface area contributed by atoms with E-state index in [1.54, 1.807) is 54.6 Å². The molecule has 4 rings (SSSR count). The molecule has 2 aliphatic rings. The van der Waals surface area contributed by atoms with E-state index in [9.17, 15) is 14.0 Å². The van der Waals surface area contributed by atoms with E-state index in [1.807, 2.05) is 0 Å². The molecule has 2 heterocycles. The zero-order valence-electron chi connectivity index (χ0n) is 14.8. The number of urea groups is 1. The van der Waals surface area contributed by atoms with Gasteiger partial charge in [0.15, 0.2) is 5.92 Å². The molecule has 0 spiro atoms. The minimum absolute atomic E-state index is 0.00703. The fourth-order valence-electron chi connectivity index (χ4n) is 3.25. The molecule has 0 radical (unpaired) electrons. The minimum Gasteiger partial charge on any atom is -0.255 e. The van der Waals surface area contributed by atoms with E-state index in [-0.39, 0.29) is 19.0 Å². The van der Waals surface area contributed by atoms with Crippen LogP contribution in [0.3, 0.4) is 0 Å². The summed E-state index contributed by atoms with van der Waals surface area (Å²) in [6.07, 6.45) is 4.89. The fourth-order valence-corrected chi connectivity index (χ4v) is 3.37. The van der Waals surface area contributed by atoms with E-state index < -0.39 is 17.8 Å². The number of aliphatic imine (C=N–C) groups is 1. The van der Waals surface area contributed by atoms with Gasteiger partial charge in [0.05, 0.1) is 0 Å². The van der Waals surface area contributed by atoms with Crippen molar-refractivity contribution in [2.75, 3.05) is 0 Å². The lowest BCUT2D eigenvalue weighted by atomic mass is 10.0. The third-order valence-electron chi connectivity index (χ3n) is 4.69. The summed E-state index contributed by atoms with van der Waals surface area (Å²) in [5, 5.41) is 0.571. The molecule has 0 saturated carbocycles. The highest BCUT2D eigenvalue weighted by molar-refractivity contribution is 6.30. The number of rotatable bonds is 4. The van der Waals surface area contributed by atoms with Crippen LogP contribution in [-0.4, -0.2) is 33.5 Å². The molecule has 0 aromatic heterocycles. The zero-order valence-corrected chi connectivity index (χ0v) is 15.5. The number of benzene rings is 2. The lowest BCUT2D eigenvalue weighted by Gasteiger charge is -2.27. The van der Waals surface area contributed by atoms with Crippen molar-refractivity contribution >= 4 is 35.6 Å². The average Bonchev–Trinajstić information content (AvgIpc) is 2.71. The van der Waals surface area contributed by atoms with Gasteiger partial charge >= 0.3 is 11.9 Å². The molecule has 28 heavy (non-hydrogen) atoms. The maximum absolute atomic E-state index is 14.2. The minimum atomic E-state index is -0.679. The number of hydrogen-bond acceptors (Lipinski definition) is 3. The van der Waals surface area contributed by atoms with Gasteiger partial charge in [-0.1, -0.05) is 48.0 Å². The molecule has 0 saturated heterocycles. The number of amides is 3. The summed E-state index contributed by atoms with van der Waals surface area (Å²) in [4.78, 5) is 31.5. The number of amidine groups is 1. The highest BCUT2D eigenvalue weighted by Gasteiger charge is 2.46. The first kappa shape index (κ1) is 18.3. The number of carbonyl (C=O) groups excluding carboxylic acids is 2. The van der Waals surface area contributed by atoms with Crippen LogP contribution in [0.15, 0.2) is 65.7 Å². The zero-order chi connectivity index (χ0) is 19.7. The Morgan fingerprint density at radius 2 is 1.86 bits per heavy atom. The van der Waals surface area contributed by atoms with E-state index in [0.717, 1.165) is 5.56 Å². The second-order valence-electron chi connectivity index (χ2n) is 6.51. The Labute approximate surface area is 166 Å². The van der Waals surface area contributed by atoms with Crippen molar-refractivity contribution in [3.63, 3.8) is 0 Å². The summed E-state index contributed by atoms with van der Waals surface area (Å²) in [5.41, 5.74) is 1.12. The molecule has 2 aromatic rings. The molecule has 2 aliphatic heterocycles. The van der Waals surface area contributed by atoms with Crippen molar-refractivity contribution in [3.8, 4) is 0 Å². The Bertz CT molecular complexity index is 1040. The highest BCUT2D eigenvalue weighted by atomic mass is 35.5. The van der Waals surface area contributed by atoms with Gasteiger partial charge in [-0.2, -0.15) is 9.48 Å². The lowest BCUT2D eigenvalue weighted by molar-refractivity contribution is -0.458. The van der Waals surface area contributed by atoms with Crippen LogP contribution in [-0.2, 0) is 17.9 Å². The maximum Gasteiger partial charge on any atom is 0.446 e. The van der Waals surface area contributed by atoms with E-state index >= 15 is 0 Å². The molecule has 140 valence electrons. The smallest absolute Gasteiger partial charge is 0.255 e. The number of fused-ring (bicyclic) bond motifs is 1. The number of hydrogen-bond donors (Lipinski definition) is 0. The van der Waals surface area contributed by atoms with Gasteiger partial charge in [0, 0.05) is 10.6 Å². The Balaban J connectivity index is 1.72. The summed E-state index contributed by atoms with van der Waals surface area (Å²) < 4.78 is 15.5. The van der Waals surface area contributed by atoms with Gasteiger partial charge in [0.2, 0.25) is 0 Å². The van der Waals surface area contributed by atoms with Crippen molar-refractivity contribution in [2.45, 2.75) is 13.1 Å². The van der Waals surface area contributed by atoms with Crippen molar-refractivity contribution < 1.29 is 18.6 Å². The molecule has 2 aromatic carbocycles. The molecule has 1 atom stereocenters. The molecule has 3 amide bonds. The van der Waals surface area contributed by atoms with Crippen LogP contribution in [0.25, 0.3) is 0 Å². The number of allylic oxidation sites excluding steroid dienone is 1. The van der Waals surface area contributed by atoms with E-state index in [1.165, 1.54) is 21.8 Å². The van der Waals surface area contributed by atoms with Gasteiger partial charge in [-0.3, -0.25) is 4.79 Å². The molecule has 0 fully saturated rings. The van der Waals surface area contributed by atoms with Gasteiger partial charge < -0.3 is 0 Å². The summed E-state index contributed by atoms with van der Waals surface area (Å²) in [6, 6.07) is 12.6. The van der Waals surface area contributed by atoms with Crippen molar-refractivity contribution in [1.82, 2.24) is 4.90 Å². The molecule has 7 heteroatoms. The standard InChI is InChI=1S/C21H16ClFN3O2/c22-16-9-7-14(8-10-16)12-26-20(27)17-5-3-11-24-19(17)25(21(26)28)13-15-4-1-2-6-18(15)23/h1-11,17H,12-13H2/q+1. The third kappa shape index (κ3) is 3.39. The Morgan fingerprint density at radius 1 is 1.11 bits per heavy atom. The summed E-state index contributed by atoms with van der Waals surface area (Å²) in [6.45, 7) is 0.0941. The van der Waals surface area contributed by atoms with Crippen LogP contribution in [0.2, 0.25) is 5.02 Å². The quantitative estimate of drug-likeness (QED) is 0.738.